The van der Waals surface area contributed by atoms with Crippen LogP contribution < -0.4 is 5.32 Å². The maximum Gasteiger partial charge on any atom is 0.0713 e. The number of rotatable bonds is 6. The van der Waals surface area contributed by atoms with Crippen molar-refractivity contribution in [2.24, 2.45) is 0 Å². The van der Waals surface area contributed by atoms with Crippen LogP contribution in [0.2, 0.25) is 0 Å². The molecule has 1 heterocycles. The molecule has 1 aromatic rings. The fraction of sp³-hybridized carbons (Fsp3) is 0.600. The Hall–Kier alpha value is -0.900. The van der Waals surface area contributed by atoms with Crippen LogP contribution in [0.4, 0.5) is 0 Å². The summed E-state index contributed by atoms with van der Waals surface area (Å²) in [5.74, 6) is 0. The first-order valence-electron chi connectivity index (χ1n) is 6.77. The zero-order valence-corrected chi connectivity index (χ0v) is 11.2. The summed E-state index contributed by atoms with van der Waals surface area (Å²) >= 11 is 0. The quantitative estimate of drug-likeness (QED) is 0.840. The van der Waals surface area contributed by atoms with Crippen molar-refractivity contribution in [3.05, 3.63) is 35.4 Å². The van der Waals surface area contributed by atoms with Crippen LogP contribution in [0.25, 0.3) is 0 Å². The van der Waals surface area contributed by atoms with E-state index in [4.69, 9.17) is 9.47 Å². The molecule has 2 rings (SSSR count). The molecule has 1 fully saturated rings. The van der Waals surface area contributed by atoms with E-state index in [9.17, 15) is 0 Å². The molecule has 3 heteroatoms. The Bertz CT molecular complexity index is 331. The van der Waals surface area contributed by atoms with Crippen molar-refractivity contribution in [3.63, 3.8) is 0 Å². The number of ether oxygens (including phenoxy) is 2. The Balaban J connectivity index is 1.69. The second-order valence-corrected chi connectivity index (χ2v) is 4.87. The van der Waals surface area contributed by atoms with Crippen LogP contribution in [0.15, 0.2) is 24.3 Å². The number of hydrogen-bond donors (Lipinski definition) is 1. The minimum Gasteiger partial charge on any atom is -0.380 e. The van der Waals surface area contributed by atoms with Gasteiger partial charge in [0.2, 0.25) is 0 Å². The Morgan fingerprint density at radius 1 is 1.22 bits per heavy atom. The van der Waals surface area contributed by atoms with E-state index in [0.717, 1.165) is 19.7 Å². The van der Waals surface area contributed by atoms with Crippen LogP contribution >= 0.6 is 0 Å². The molecule has 3 nitrogen and oxygen atoms in total. The zero-order valence-electron chi connectivity index (χ0n) is 11.2. The number of hydrogen-bond acceptors (Lipinski definition) is 3. The van der Waals surface area contributed by atoms with E-state index in [0.29, 0.717) is 12.7 Å². The topological polar surface area (TPSA) is 30.5 Å². The van der Waals surface area contributed by atoms with E-state index >= 15 is 0 Å². The van der Waals surface area contributed by atoms with Gasteiger partial charge in [-0.2, -0.15) is 0 Å². The van der Waals surface area contributed by atoms with Crippen molar-refractivity contribution >= 4 is 0 Å². The lowest BCUT2D eigenvalue weighted by Gasteiger charge is -2.22. The molecule has 100 valence electrons. The van der Waals surface area contributed by atoms with Crippen molar-refractivity contribution in [1.29, 1.82) is 0 Å². The fourth-order valence-corrected chi connectivity index (χ4v) is 2.27. The van der Waals surface area contributed by atoms with Crippen LogP contribution in [-0.4, -0.2) is 26.4 Å². The molecule has 1 N–H and O–H groups in total. The number of nitrogens with one attached hydrogen (secondary N) is 1. The molecule has 0 aromatic heterocycles. The highest BCUT2D eigenvalue weighted by molar-refractivity contribution is 5.21. The van der Waals surface area contributed by atoms with Gasteiger partial charge in [0.1, 0.15) is 0 Å². The highest BCUT2D eigenvalue weighted by Crippen LogP contribution is 2.12. The van der Waals surface area contributed by atoms with E-state index in [1.54, 1.807) is 7.11 Å². The minimum absolute atomic E-state index is 0.409. The Morgan fingerprint density at radius 3 is 2.67 bits per heavy atom. The lowest BCUT2D eigenvalue weighted by Crippen LogP contribution is -2.31. The summed E-state index contributed by atoms with van der Waals surface area (Å²) in [5.41, 5.74) is 2.53. The SMILES string of the molecule is COCc1ccc(CNCC2CCCCO2)cc1. The van der Waals surface area contributed by atoms with Gasteiger partial charge in [-0.25, -0.2) is 0 Å². The average molecular weight is 249 g/mol. The molecule has 0 saturated carbocycles. The molecule has 0 radical (unpaired) electrons. The van der Waals surface area contributed by atoms with Crippen molar-refractivity contribution in [3.8, 4) is 0 Å². The van der Waals surface area contributed by atoms with Gasteiger partial charge in [-0.1, -0.05) is 24.3 Å². The molecule has 18 heavy (non-hydrogen) atoms. The standard InChI is InChI=1S/C15H23NO2/c1-17-12-14-7-5-13(6-8-14)10-16-11-15-4-2-3-9-18-15/h5-8,15-16H,2-4,9-12H2,1H3. The lowest BCUT2D eigenvalue weighted by molar-refractivity contribution is 0.0168. The van der Waals surface area contributed by atoms with E-state index in [-0.39, 0.29) is 0 Å². The highest BCUT2D eigenvalue weighted by Gasteiger charge is 2.12. The first-order valence-corrected chi connectivity index (χ1v) is 6.77. The summed E-state index contributed by atoms with van der Waals surface area (Å²) < 4.78 is 10.8. The molecule has 0 spiro atoms. The summed E-state index contributed by atoms with van der Waals surface area (Å²) in [6.07, 6.45) is 4.13. The molecule has 1 aromatic carbocycles. The summed E-state index contributed by atoms with van der Waals surface area (Å²) in [6.45, 7) is 3.48. The van der Waals surface area contributed by atoms with Crippen molar-refractivity contribution < 1.29 is 9.47 Å². The number of methoxy groups -OCH3 is 1. The van der Waals surface area contributed by atoms with Crippen LogP contribution in [0.1, 0.15) is 30.4 Å². The molecule has 1 atom stereocenters. The van der Waals surface area contributed by atoms with E-state index in [1.807, 2.05) is 0 Å². The Labute approximate surface area is 109 Å². The maximum atomic E-state index is 5.69. The second kappa shape index (κ2) is 7.52. The number of benzene rings is 1. The largest absolute Gasteiger partial charge is 0.380 e. The smallest absolute Gasteiger partial charge is 0.0713 e. The zero-order chi connectivity index (χ0) is 12.6. The lowest BCUT2D eigenvalue weighted by atomic mass is 10.1. The Kier molecular flexibility index (Phi) is 5.65. The van der Waals surface area contributed by atoms with E-state index in [2.05, 4.69) is 29.6 Å². The molecule has 1 aliphatic rings. The first kappa shape index (κ1) is 13.5. The van der Waals surface area contributed by atoms with Gasteiger partial charge in [0.05, 0.1) is 12.7 Å². The summed E-state index contributed by atoms with van der Waals surface area (Å²) in [5, 5.41) is 3.47. The van der Waals surface area contributed by atoms with Gasteiger partial charge in [-0.05, 0) is 30.4 Å². The monoisotopic (exact) mass is 249 g/mol. The highest BCUT2D eigenvalue weighted by atomic mass is 16.5. The van der Waals surface area contributed by atoms with Gasteiger partial charge < -0.3 is 14.8 Å². The molecular formula is C15H23NO2. The van der Waals surface area contributed by atoms with E-state index in [1.165, 1.54) is 30.4 Å². The van der Waals surface area contributed by atoms with Gasteiger partial charge in [0.25, 0.3) is 0 Å². The van der Waals surface area contributed by atoms with Crippen LogP contribution in [0, 0.1) is 0 Å². The predicted molar refractivity (Wildman–Crippen MR) is 72.5 cm³/mol. The minimum atomic E-state index is 0.409. The Morgan fingerprint density at radius 2 is 2.00 bits per heavy atom. The molecule has 1 saturated heterocycles. The molecular weight excluding hydrogens is 226 g/mol. The van der Waals surface area contributed by atoms with Gasteiger partial charge in [-0.3, -0.25) is 0 Å². The van der Waals surface area contributed by atoms with Gasteiger partial charge in [0.15, 0.2) is 0 Å². The first-order chi connectivity index (χ1) is 8.88. The van der Waals surface area contributed by atoms with Gasteiger partial charge >= 0.3 is 0 Å². The van der Waals surface area contributed by atoms with Crippen LogP contribution in [0.5, 0.6) is 0 Å². The third-order valence-electron chi connectivity index (χ3n) is 3.31. The molecule has 0 aliphatic carbocycles. The summed E-state index contributed by atoms with van der Waals surface area (Å²) in [6, 6.07) is 8.56. The van der Waals surface area contributed by atoms with Crippen LogP contribution in [-0.2, 0) is 22.6 Å². The van der Waals surface area contributed by atoms with Gasteiger partial charge in [0, 0.05) is 26.8 Å². The van der Waals surface area contributed by atoms with E-state index < -0.39 is 0 Å². The third-order valence-corrected chi connectivity index (χ3v) is 3.31. The summed E-state index contributed by atoms with van der Waals surface area (Å²) in [7, 11) is 1.72. The normalized spacial score (nSPS) is 19.9. The van der Waals surface area contributed by atoms with Gasteiger partial charge in [-0.15, -0.1) is 0 Å². The average Bonchev–Trinajstić information content (AvgIpc) is 2.42. The third kappa shape index (κ3) is 4.41. The van der Waals surface area contributed by atoms with Crippen LogP contribution in [0.3, 0.4) is 0 Å². The van der Waals surface area contributed by atoms with Crippen molar-refractivity contribution in [2.75, 3.05) is 20.3 Å². The van der Waals surface area contributed by atoms with Crippen molar-refractivity contribution in [2.45, 2.75) is 38.5 Å². The molecule has 0 amide bonds. The summed E-state index contributed by atoms with van der Waals surface area (Å²) in [4.78, 5) is 0. The molecule has 1 aliphatic heterocycles. The second-order valence-electron chi connectivity index (χ2n) is 4.87. The maximum absolute atomic E-state index is 5.69. The fourth-order valence-electron chi connectivity index (χ4n) is 2.27. The predicted octanol–water partition coefficient (Wildman–Crippen LogP) is 2.49. The molecule has 1 unspecified atom stereocenters. The molecule has 0 bridgehead atoms. The van der Waals surface area contributed by atoms with Crippen molar-refractivity contribution in [1.82, 2.24) is 5.32 Å².